The molecular formula is C34H28F4N4O4. The van der Waals surface area contributed by atoms with E-state index in [2.05, 4.69) is 15.3 Å². The van der Waals surface area contributed by atoms with E-state index >= 15 is 8.78 Å². The van der Waals surface area contributed by atoms with E-state index in [1.54, 1.807) is 30.7 Å². The number of hydrogen-bond acceptors (Lipinski definition) is 6. The summed E-state index contributed by atoms with van der Waals surface area (Å²) in [6, 6.07) is 14.1. The number of hydrogen-bond donors (Lipinski definition) is 2. The van der Waals surface area contributed by atoms with Gasteiger partial charge in [-0.15, -0.1) is 0 Å². The van der Waals surface area contributed by atoms with E-state index in [9.17, 15) is 23.5 Å². The molecule has 0 radical (unpaired) electrons. The molecule has 1 saturated heterocycles. The molecule has 12 heteroatoms. The highest BCUT2D eigenvalue weighted by Crippen LogP contribution is 2.34. The van der Waals surface area contributed by atoms with Crippen LogP contribution in [0.3, 0.4) is 0 Å². The molecule has 236 valence electrons. The number of carboxylic acids is 1. The first-order valence-corrected chi connectivity index (χ1v) is 14.6. The van der Waals surface area contributed by atoms with Gasteiger partial charge in [0.1, 0.15) is 23.2 Å². The fourth-order valence-corrected chi connectivity index (χ4v) is 5.97. The van der Waals surface area contributed by atoms with E-state index in [4.69, 9.17) is 4.74 Å². The van der Waals surface area contributed by atoms with E-state index in [0.717, 1.165) is 33.9 Å². The van der Waals surface area contributed by atoms with Gasteiger partial charge in [-0.25, -0.2) is 22.4 Å². The number of carbonyl (C=O) groups excluding carboxylic acids is 1. The quantitative estimate of drug-likeness (QED) is 0.192. The lowest BCUT2D eigenvalue weighted by atomic mass is 9.93. The van der Waals surface area contributed by atoms with Crippen LogP contribution in [0.2, 0.25) is 0 Å². The molecule has 0 unspecified atom stereocenters. The number of aromatic nitrogens is 2. The van der Waals surface area contributed by atoms with Crippen molar-refractivity contribution in [3.63, 3.8) is 0 Å². The summed E-state index contributed by atoms with van der Waals surface area (Å²) < 4.78 is 61.9. The fraction of sp³-hybridized carbons (Fsp3) is 0.235. The van der Waals surface area contributed by atoms with Crippen molar-refractivity contribution in [2.24, 2.45) is 0 Å². The number of anilines is 1. The summed E-state index contributed by atoms with van der Waals surface area (Å²) in [5.74, 6) is -5.14. The lowest BCUT2D eigenvalue weighted by Crippen LogP contribution is -2.46. The number of morpholine rings is 1. The fourth-order valence-electron chi connectivity index (χ4n) is 5.97. The lowest BCUT2D eigenvalue weighted by molar-refractivity contribution is -0.139. The van der Waals surface area contributed by atoms with Gasteiger partial charge in [0.05, 0.1) is 24.9 Å². The van der Waals surface area contributed by atoms with Crippen molar-refractivity contribution < 1.29 is 37.0 Å². The standard InChI is InChI=1S/C34H28F4N4O4/c35-27-14-21(42-11-12-46-18-22(42)16-30(37)38)15-28(36)31(27)33(43)41-29(34(44)45)13-20-3-1-5-24-23(20)4-2-6-25(24)32-26-17-39-9-7-19(26)8-10-40-32/h1-10,14-15,17,22,29-30H,11-13,16,18H2,(H,41,43)(H,44,45)/t22-,29+/m1/s1. The first-order chi connectivity index (χ1) is 22.2. The summed E-state index contributed by atoms with van der Waals surface area (Å²) in [7, 11) is 0. The summed E-state index contributed by atoms with van der Waals surface area (Å²) in [5.41, 5.74) is 1.10. The number of amides is 1. The average Bonchev–Trinajstić information content (AvgIpc) is 3.03. The third kappa shape index (κ3) is 6.20. The van der Waals surface area contributed by atoms with Crippen LogP contribution in [0.1, 0.15) is 22.3 Å². The van der Waals surface area contributed by atoms with Crippen LogP contribution in [0.15, 0.2) is 79.3 Å². The number of carbonyl (C=O) groups is 2. The first kappa shape index (κ1) is 30.9. The van der Waals surface area contributed by atoms with Gasteiger partial charge in [0.25, 0.3) is 5.91 Å². The van der Waals surface area contributed by atoms with Crippen LogP contribution in [0.25, 0.3) is 32.8 Å². The number of nitrogens with one attached hydrogen (secondary N) is 1. The molecule has 0 saturated carbocycles. The van der Waals surface area contributed by atoms with Crippen molar-refractivity contribution in [2.45, 2.75) is 31.4 Å². The number of carboxylic acid groups (broad SMARTS) is 1. The number of fused-ring (bicyclic) bond motifs is 2. The highest BCUT2D eigenvalue weighted by molar-refractivity contribution is 6.04. The first-order valence-electron chi connectivity index (χ1n) is 14.6. The van der Waals surface area contributed by atoms with E-state index < -0.39 is 54.0 Å². The van der Waals surface area contributed by atoms with Gasteiger partial charge in [-0.2, -0.15) is 0 Å². The monoisotopic (exact) mass is 632 g/mol. The molecule has 1 aliphatic heterocycles. The maximum atomic E-state index is 15.2. The third-order valence-electron chi connectivity index (χ3n) is 8.13. The Morgan fingerprint density at radius 1 is 1.00 bits per heavy atom. The van der Waals surface area contributed by atoms with Crippen molar-refractivity contribution in [1.29, 1.82) is 0 Å². The van der Waals surface area contributed by atoms with Crippen molar-refractivity contribution in [3.8, 4) is 11.3 Å². The SMILES string of the molecule is O=C(N[C@@H](Cc1cccc2c(-c3nccc4ccncc34)cccc12)C(=O)O)c1c(F)cc(N2CCOC[C@H]2CC(F)F)cc1F. The number of benzene rings is 3. The highest BCUT2D eigenvalue weighted by Gasteiger charge is 2.30. The average molecular weight is 633 g/mol. The zero-order chi connectivity index (χ0) is 32.4. The second kappa shape index (κ2) is 13.1. The number of rotatable bonds is 9. The van der Waals surface area contributed by atoms with E-state index in [0.29, 0.717) is 16.6 Å². The number of alkyl halides is 2. The molecule has 2 atom stereocenters. The van der Waals surface area contributed by atoms with Gasteiger partial charge in [-0.3, -0.25) is 14.8 Å². The Morgan fingerprint density at radius 2 is 1.74 bits per heavy atom. The molecule has 3 heterocycles. The third-order valence-corrected chi connectivity index (χ3v) is 8.13. The van der Waals surface area contributed by atoms with Crippen molar-refractivity contribution in [1.82, 2.24) is 15.3 Å². The van der Waals surface area contributed by atoms with Crippen LogP contribution in [0.5, 0.6) is 0 Å². The number of pyridine rings is 2. The molecule has 2 aromatic heterocycles. The predicted molar refractivity (Wildman–Crippen MR) is 164 cm³/mol. The Hall–Kier alpha value is -5.10. The lowest BCUT2D eigenvalue weighted by Gasteiger charge is -2.37. The normalized spacial score (nSPS) is 15.8. The van der Waals surface area contributed by atoms with Crippen LogP contribution < -0.4 is 10.2 Å². The van der Waals surface area contributed by atoms with Crippen LogP contribution in [0, 0.1) is 11.6 Å². The summed E-state index contributed by atoms with van der Waals surface area (Å²) >= 11 is 0. The van der Waals surface area contributed by atoms with E-state index in [1.807, 2.05) is 36.4 Å². The summed E-state index contributed by atoms with van der Waals surface area (Å²) in [5, 5.41) is 15.6. The second-order valence-electron chi connectivity index (χ2n) is 11.0. The Kier molecular flexibility index (Phi) is 8.80. The maximum absolute atomic E-state index is 15.2. The van der Waals surface area contributed by atoms with E-state index in [-0.39, 0.29) is 31.9 Å². The Balaban J connectivity index is 1.27. The zero-order valence-electron chi connectivity index (χ0n) is 24.3. The molecule has 0 spiro atoms. The molecule has 6 rings (SSSR count). The van der Waals surface area contributed by atoms with Gasteiger partial charge in [0, 0.05) is 54.6 Å². The second-order valence-corrected chi connectivity index (χ2v) is 11.0. The van der Waals surface area contributed by atoms with Crippen LogP contribution >= 0.6 is 0 Å². The van der Waals surface area contributed by atoms with E-state index in [1.165, 1.54) is 4.90 Å². The van der Waals surface area contributed by atoms with Crippen molar-refractivity contribution in [3.05, 3.63) is 102 Å². The molecule has 0 bridgehead atoms. The Morgan fingerprint density at radius 3 is 2.50 bits per heavy atom. The molecule has 46 heavy (non-hydrogen) atoms. The van der Waals surface area contributed by atoms with Crippen molar-refractivity contribution >= 4 is 39.1 Å². The highest BCUT2D eigenvalue weighted by atomic mass is 19.3. The molecule has 0 aliphatic carbocycles. The largest absolute Gasteiger partial charge is 0.480 e. The van der Waals surface area contributed by atoms with Gasteiger partial charge >= 0.3 is 5.97 Å². The Labute approximate surface area is 260 Å². The topological polar surface area (TPSA) is 105 Å². The number of ether oxygens (including phenoxy) is 1. The minimum absolute atomic E-state index is 0.0155. The molecule has 3 aromatic carbocycles. The van der Waals surface area contributed by atoms with Gasteiger partial charge in [-0.1, -0.05) is 36.4 Å². The molecule has 1 aliphatic rings. The van der Waals surface area contributed by atoms with Gasteiger partial charge in [0.15, 0.2) is 0 Å². The molecular weight excluding hydrogens is 604 g/mol. The summed E-state index contributed by atoms with van der Waals surface area (Å²) in [6.07, 6.45) is 1.72. The minimum Gasteiger partial charge on any atom is -0.480 e. The minimum atomic E-state index is -2.65. The van der Waals surface area contributed by atoms with Crippen LogP contribution in [-0.4, -0.2) is 65.2 Å². The maximum Gasteiger partial charge on any atom is 0.326 e. The van der Waals surface area contributed by atoms with Gasteiger partial charge in [-0.05, 0) is 46.0 Å². The molecule has 5 aromatic rings. The number of nitrogens with zero attached hydrogens (tertiary/aromatic N) is 3. The predicted octanol–water partition coefficient (Wildman–Crippen LogP) is 6.01. The number of halogens is 4. The number of aliphatic carboxylic acids is 1. The van der Waals surface area contributed by atoms with Crippen molar-refractivity contribution in [2.75, 3.05) is 24.7 Å². The molecule has 1 fully saturated rings. The van der Waals surface area contributed by atoms with Gasteiger partial charge < -0.3 is 20.1 Å². The van der Waals surface area contributed by atoms with Crippen LogP contribution in [0.4, 0.5) is 23.2 Å². The van der Waals surface area contributed by atoms with Gasteiger partial charge in [0.2, 0.25) is 6.43 Å². The van der Waals surface area contributed by atoms with Crippen LogP contribution in [-0.2, 0) is 16.0 Å². The zero-order valence-corrected chi connectivity index (χ0v) is 24.3. The molecule has 2 N–H and O–H groups in total. The summed E-state index contributed by atoms with van der Waals surface area (Å²) in [6.45, 7) is 0.265. The smallest absolute Gasteiger partial charge is 0.326 e. The summed E-state index contributed by atoms with van der Waals surface area (Å²) in [4.78, 5) is 35.6. The molecule has 8 nitrogen and oxygen atoms in total. The molecule has 1 amide bonds. The Bertz CT molecular complexity index is 1910.